The predicted octanol–water partition coefficient (Wildman–Crippen LogP) is 2.23. The minimum atomic E-state index is 0.597. The van der Waals surface area contributed by atoms with E-state index in [0.29, 0.717) is 17.9 Å². The molecule has 1 rings (SSSR count). The number of benzene rings is 1. The van der Waals surface area contributed by atoms with E-state index >= 15 is 0 Å². The average Bonchev–Trinajstić information content (AvgIpc) is 2.37. The van der Waals surface area contributed by atoms with E-state index in [1.807, 2.05) is 30.0 Å². The highest BCUT2D eigenvalue weighted by atomic mass is 32.2. The summed E-state index contributed by atoms with van der Waals surface area (Å²) < 4.78 is 5.61. The Balaban J connectivity index is 2.33. The topological polar surface area (TPSA) is 36.3 Å². The normalized spacial score (nSPS) is 10.2. The van der Waals surface area contributed by atoms with Crippen molar-refractivity contribution >= 4 is 11.8 Å². The maximum Gasteiger partial charge on any atom is 0.137 e. The first kappa shape index (κ1) is 13.9. The van der Waals surface area contributed by atoms with Crippen LogP contribution in [0.2, 0.25) is 0 Å². The average molecular weight is 250 g/mol. The molecule has 0 heterocycles. The van der Waals surface area contributed by atoms with Crippen LogP contribution in [0.25, 0.3) is 0 Å². The van der Waals surface area contributed by atoms with Crippen molar-refractivity contribution in [1.29, 1.82) is 5.26 Å². The standard InChI is InChI=1S/C13H18N2OS/c1-15(8-10-17-2)7-9-16-13-6-4-3-5-12(13)11-14/h3-6H,7-10H2,1-2H3. The number of nitriles is 1. The minimum absolute atomic E-state index is 0.597. The third-order valence-electron chi connectivity index (χ3n) is 2.42. The van der Waals surface area contributed by atoms with Gasteiger partial charge < -0.3 is 9.64 Å². The van der Waals surface area contributed by atoms with Crippen LogP contribution in [0.3, 0.4) is 0 Å². The van der Waals surface area contributed by atoms with E-state index in [4.69, 9.17) is 10.00 Å². The SMILES string of the molecule is CSCCN(C)CCOc1ccccc1C#N. The first-order valence-electron chi connectivity index (χ1n) is 5.57. The second-order valence-electron chi connectivity index (χ2n) is 3.75. The molecule has 92 valence electrons. The van der Waals surface area contributed by atoms with Crippen LogP contribution >= 0.6 is 11.8 Å². The number of ether oxygens (including phenoxy) is 1. The molecule has 0 aromatic heterocycles. The summed E-state index contributed by atoms with van der Waals surface area (Å²) in [4.78, 5) is 2.23. The van der Waals surface area contributed by atoms with Crippen molar-refractivity contribution in [2.45, 2.75) is 0 Å². The predicted molar refractivity (Wildman–Crippen MR) is 72.5 cm³/mol. The second-order valence-corrected chi connectivity index (χ2v) is 4.74. The second kappa shape index (κ2) is 7.99. The van der Waals surface area contributed by atoms with Gasteiger partial charge in [0.2, 0.25) is 0 Å². The van der Waals surface area contributed by atoms with Gasteiger partial charge in [-0.3, -0.25) is 0 Å². The van der Waals surface area contributed by atoms with Gasteiger partial charge in [0.25, 0.3) is 0 Å². The third kappa shape index (κ3) is 5.12. The molecule has 0 N–H and O–H groups in total. The molecule has 0 radical (unpaired) electrons. The zero-order chi connectivity index (χ0) is 12.5. The van der Waals surface area contributed by atoms with E-state index in [0.717, 1.165) is 18.8 Å². The smallest absolute Gasteiger partial charge is 0.137 e. The highest BCUT2D eigenvalue weighted by Crippen LogP contribution is 2.16. The number of thioether (sulfide) groups is 1. The van der Waals surface area contributed by atoms with E-state index in [1.165, 1.54) is 0 Å². The van der Waals surface area contributed by atoms with Crippen molar-refractivity contribution in [2.24, 2.45) is 0 Å². The Labute approximate surface area is 107 Å². The zero-order valence-corrected chi connectivity index (χ0v) is 11.2. The van der Waals surface area contributed by atoms with Gasteiger partial charge in [-0.15, -0.1) is 0 Å². The molecule has 0 aliphatic carbocycles. The van der Waals surface area contributed by atoms with Crippen molar-refractivity contribution in [3.63, 3.8) is 0 Å². The Bertz CT molecular complexity index is 376. The van der Waals surface area contributed by atoms with Gasteiger partial charge in [0.1, 0.15) is 18.4 Å². The van der Waals surface area contributed by atoms with Gasteiger partial charge in [-0.25, -0.2) is 0 Å². The molecular formula is C13H18N2OS. The fourth-order valence-electron chi connectivity index (χ4n) is 1.36. The van der Waals surface area contributed by atoms with E-state index in [-0.39, 0.29) is 0 Å². The lowest BCUT2D eigenvalue weighted by molar-refractivity contribution is 0.244. The molecule has 17 heavy (non-hydrogen) atoms. The quantitative estimate of drug-likeness (QED) is 0.743. The molecule has 0 unspecified atom stereocenters. The Kier molecular flexibility index (Phi) is 6.53. The van der Waals surface area contributed by atoms with E-state index in [1.54, 1.807) is 6.07 Å². The van der Waals surface area contributed by atoms with E-state index in [9.17, 15) is 0 Å². The monoisotopic (exact) mass is 250 g/mol. The number of hydrogen-bond acceptors (Lipinski definition) is 4. The van der Waals surface area contributed by atoms with E-state index < -0.39 is 0 Å². The van der Waals surface area contributed by atoms with Crippen molar-refractivity contribution in [3.05, 3.63) is 29.8 Å². The van der Waals surface area contributed by atoms with Crippen LogP contribution in [0.4, 0.5) is 0 Å². The van der Waals surface area contributed by atoms with Gasteiger partial charge in [-0.05, 0) is 25.4 Å². The summed E-state index contributed by atoms with van der Waals surface area (Å²) in [5.74, 6) is 1.80. The van der Waals surface area contributed by atoms with Crippen molar-refractivity contribution in [2.75, 3.05) is 38.8 Å². The molecule has 0 atom stereocenters. The van der Waals surface area contributed by atoms with Crippen molar-refractivity contribution in [3.8, 4) is 11.8 Å². The molecule has 0 amide bonds. The fraction of sp³-hybridized carbons (Fsp3) is 0.462. The molecule has 1 aromatic carbocycles. The van der Waals surface area contributed by atoms with Gasteiger partial charge in [0.15, 0.2) is 0 Å². The Hall–Kier alpha value is -1.18. The summed E-state index contributed by atoms with van der Waals surface area (Å²) in [6.45, 7) is 2.55. The number of rotatable bonds is 7. The zero-order valence-electron chi connectivity index (χ0n) is 10.3. The first-order valence-corrected chi connectivity index (χ1v) is 6.96. The molecule has 3 nitrogen and oxygen atoms in total. The van der Waals surface area contributed by atoms with Crippen LogP contribution in [0, 0.1) is 11.3 Å². The fourth-order valence-corrected chi connectivity index (χ4v) is 1.85. The van der Waals surface area contributed by atoms with Crippen LogP contribution in [-0.2, 0) is 0 Å². The van der Waals surface area contributed by atoms with Crippen molar-refractivity contribution < 1.29 is 4.74 Å². The Morgan fingerprint density at radius 1 is 1.35 bits per heavy atom. The Morgan fingerprint density at radius 3 is 2.82 bits per heavy atom. The molecule has 0 spiro atoms. The van der Waals surface area contributed by atoms with Gasteiger partial charge in [0.05, 0.1) is 5.56 Å². The molecular weight excluding hydrogens is 232 g/mol. The van der Waals surface area contributed by atoms with Crippen LogP contribution in [-0.4, -0.2) is 43.7 Å². The molecule has 0 fully saturated rings. The molecule has 4 heteroatoms. The lowest BCUT2D eigenvalue weighted by Crippen LogP contribution is -2.26. The molecule has 1 aromatic rings. The summed E-state index contributed by atoms with van der Waals surface area (Å²) in [6, 6.07) is 9.46. The lowest BCUT2D eigenvalue weighted by Gasteiger charge is -2.16. The van der Waals surface area contributed by atoms with Gasteiger partial charge in [0, 0.05) is 18.8 Å². The lowest BCUT2D eigenvalue weighted by atomic mass is 10.2. The molecule has 0 saturated heterocycles. The third-order valence-corrected chi connectivity index (χ3v) is 3.01. The highest BCUT2D eigenvalue weighted by Gasteiger charge is 2.02. The minimum Gasteiger partial charge on any atom is -0.491 e. The molecule has 0 bridgehead atoms. The first-order chi connectivity index (χ1) is 8.27. The van der Waals surface area contributed by atoms with Crippen molar-refractivity contribution in [1.82, 2.24) is 4.90 Å². The number of nitrogens with zero attached hydrogens (tertiary/aromatic N) is 2. The summed E-state index contributed by atoms with van der Waals surface area (Å²) in [7, 11) is 2.08. The molecule has 0 aliphatic heterocycles. The summed E-state index contributed by atoms with van der Waals surface area (Å²) in [6.07, 6.45) is 2.10. The van der Waals surface area contributed by atoms with E-state index in [2.05, 4.69) is 24.3 Å². The summed E-state index contributed by atoms with van der Waals surface area (Å²) >= 11 is 1.84. The highest BCUT2D eigenvalue weighted by molar-refractivity contribution is 7.98. The summed E-state index contributed by atoms with van der Waals surface area (Å²) in [5, 5.41) is 8.90. The van der Waals surface area contributed by atoms with Crippen LogP contribution in [0.5, 0.6) is 5.75 Å². The number of hydrogen-bond donors (Lipinski definition) is 0. The van der Waals surface area contributed by atoms with Crippen LogP contribution in [0.15, 0.2) is 24.3 Å². The van der Waals surface area contributed by atoms with Crippen LogP contribution < -0.4 is 4.74 Å². The van der Waals surface area contributed by atoms with Gasteiger partial charge >= 0.3 is 0 Å². The number of likely N-dealkylation sites (N-methyl/N-ethyl adjacent to an activating group) is 1. The van der Waals surface area contributed by atoms with Gasteiger partial charge in [-0.2, -0.15) is 17.0 Å². The molecule has 0 aliphatic rings. The molecule has 0 saturated carbocycles. The van der Waals surface area contributed by atoms with Gasteiger partial charge in [-0.1, -0.05) is 12.1 Å². The maximum absolute atomic E-state index is 8.90. The van der Waals surface area contributed by atoms with Crippen LogP contribution in [0.1, 0.15) is 5.56 Å². The largest absolute Gasteiger partial charge is 0.491 e. The number of para-hydroxylation sites is 1. The maximum atomic E-state index is 8.90. The summed E-state index contributed by atoms with van der Waals surface area (Å²) in [5.41, 5.74) is 0.597. The Morgan fingerprint density at radius 2 is 2.12 bits per heavy atom.